The van der Waals surface area contributed by atoms with Crippen molar-refractivity contribution in [2.45, 2.75) is 11.5 Å². The minimum Gasteiger partial charge on any atom is -0.465 e. The molecule has 0 bridgehead atoms. The monoisotopic (exact) mass is 505 g/mol. The Labute approximate surface area is 208 Å². The molecule has 0 atom stereocenters. The third-order valence-corrected chi connectivity index (χ3v) is 6.34. The van der Waals surface area contributed by atoms with E-state index >= 15 is 0 Å². The van der Waals surface area contributed by atoms with Gasteiger partial charge in [0.25, 0.3) is 0 Å². The molecule has 0 radical (unpaired) electrons. The number of rotatable bonds is 8. The lowest BCUT2D eigenvalue weighted by molar-refractivity contribution is 0.0466. The molecule has 9 heteroatoms. The fourth-order valence-corrected chi connectivity index (χ4v) is 4.09. The summed E-state index contributed by atoms with van der Waals surface area (Å²) >= 11 is 0. The van der Waals surface area contributed by atoms with E-state index in [9.17, 15) is 18.0 Å². The largest absolute Gasteiger partial charge is 0.465 e. The van der Waals surface area contributed by atoms with E-state index in [0.29, 0.717) is 11.3 Å². The molecule has 3 aromatic carbocycles. The maximum atomic E-state index is 12.5. The van der Waals surface area contributed by atoms with E-state index in [0.717, 1.165) is 11.8 Å². The SMILES string of the molecule is COC(=O)c1cc(Oc2cccc(S(C)(=O)=O)c2)cc(-c2ccc(C(=O)OCc3ccccc3)[nH]2)c1. The van der Waals surface area contributed by atoms with Crippen LogP contribution in [-0.2, 0) is 25.9 Å². The summed E-state index contributed by atoms with van der Waals surface area (Å²) in [6.45, 7) is 0.135. The van der Waals surface area contributed by atoms with Gasteiger partial charge in [0, 0.05) is 17.5 Å². The lowest BCUT2D eigenvalue weighted by Crippen LogP contribution is -2.05. The topological polar surface area (TPSA) is 112 Å². The number of benzene rings is 3. The van der Waals surface area contributed by atoms with Gasteiger partial charge in [-0.2, -0.15) is 0 Å². The van der Waals surface area contributed by atoms with Gasteiger partial charge in [0.15, 0.2) is 9.84 Å². The van der Waals surface area contributed by atoms with Crippen LogP contribution in [0.1, 0.15) is 26.4 Å². The molecule has 4 aromatic rings. The first-order chi connectivity index (χ1) is 17.2. The van der Waals surface area contributed by atoms with Crippen molar-refractivity contribution >= 4 is 21.8 Å². The summed E-state index contributed by atoms with van der Waals surface area (Å²) in [6.07, 6.45) is 1.11. The Morgan fingerprint density at radius 3 is 2.33 bits per heavy atom. The summed E-state index contributed by atoms with van der Waals surface area (Å²) in [6, 6.07) is 23.4. The van der Waals surface area contributed by atoms with E-state index in [4.69, 9.17) is 14.2 Å². The van der Waals surface area contributed by atoms with Crippen LogP contribution < -0.4 is 4.74 Å². The number of carbonyl (C=O) groups excluding carboxylic acids is 2. The molecule has 1 aromatic heterocycles. The zero-order chi connectivity index (χ0) is 25.7. The summed E-state index contributed by atoms with van der Waals surface area (Å²) in [5.41, 5.74) is 2.42. The van der Waals surface area contributed by atoms with Gasteiger partial charge in [-0.3, -0.25) is 0 Å². The number of esters is 2. The Kier molecular flexibility index (Phi) is 7.21. The average molecular weight is 506 g/mol. The number of sulfone groups is 1. The van der Waals surface area contributed by atoms with Crippen molar-refractivity contribution in [2.24, 2.45) is 0 Å². The maximum absolute atomic E-state index is 12.5. The molecule has 1 N–H and O–H groups in total. The van der Waals surface area contributed by atoms with Crippen LogP contribution in [-0.4, -0.2) is 38.7 Å². The number of carbonyl (C=O) groups is 2. The number of hydrogen-bond acceptors (Lipinski definition) is 7. The highest BCUT2D eigenvalue weighted by Crippen LogP contribution is 2.30. The van der Waals surface area contributed by atoms with E-state index in [1.807, 2.05) is 30.3 Å². The molecule has 36 heavy (non-hydrogen) atoms. The molecule has 0 saturated heterocycles. The van der Waals surface area contributed by atoms with E-state index in [-0.39, 0.29) is 34.3 Å². The van der Waals surface area contributed by atoms with Gasteiger partial charge < -0.3 is 19.2 Å². The number of nitrogens with one attached hydrogen (secondary N) is 1. The Balaban J connectivity index is 1.60. The fourth-order valence-electron chi connectivity index (χ4n) is 3.44. The summed E-state index contributed by atoms with van der Waals surface area (Å²) < 4.78 is 39.9. The summed E-state index contributed by atoms with van der Waals surface area (Å²) in [5.74, 6) is -0.548. The molecule has 0 fully saturated rings. The number of aromatic amines is 1. The summed E-state index contributed by atoms with van der Waals surface area (Å²) in [4.78, 5) is 27.9. The molecule has 0 amide bonds. The average Bonchev–Trinajstić information content (AvgIpc) is 3.37. The van der Waals surface area contributed by atoms with Gasteiger partial charge in [0.2, 0.25) is 0 Å². The molecule has 0 spiro atoms. The van der Waals surface area contributed by atoms with E-state index in [1.165, 1.54) is 25.3 Å². The lowest BCUT2D eigenvalue weighted by Gasteiger charge is -2.11. The van der Waals surface area contributed by atoms with Crippen molar-refractivity contribution < 1.29 is 32.2 Å². The number of H-pyrrole nitrogens is 1. The second-order valence-corrected chi connectivity index (χ2v) is 9.95. The third-order valence-electron chi connectivity index (χ3n) is 5.23. The van der Waals surface area contributed by atoms with Gasteiger partial charge in [-0.25, -0.2) is 18.0 Å². The first-order valence-electron chi connectivity index (χ1n) is 10.8. The van der Waals surface area contributed by atoms with Crippen LogP contribution in [0.3, 0.4) is 0 Å². The van der Waals surface area contributed by atoms with Crippen LogP contribution in [0, 0.1) is 0 Å². The Bertz CT molecular complexity index is 1510. The molecule has 0 aliphatic heterocycles. The molecular weight excluding hydrogens is 482 g/mol. The number of hydrogen-bond donors (Lipinski definition) is 1. The van der Waals surface area contributed by atoms with Crippen LogP contribution >= 0.6 is 0 Å². The minimum atomic E-state index is -3.43. The highest BCUT2D eigenvalue weighted by molar-refractivity contribution is 7.90. The predicted octanol–water partition coefficient (Wildman–Crippen LogP) is 5.02. The zero-order valence-corrected chi connectivity index (χ0v) is 20.4. The molecular formula is C27H23NO7S. The van der Waals surface area contributed by atoms with E-state index < -0.39 is 21.8 Å². The van der Waals surface area contributed by atoms with E-state index in [1.54, 1.807) is 36.4 Å². The predicted molar refractivity (Wildman–Crippen MR) is 133 cm³/mol. The van der Waals surface area contributed by atoms with Crippen molar-refractivity contribution in [1.82, 2.24) is 4.98 Å². The van der Waals surface area contributed by atoms with Crippen LogP contribution in [0.25, 0.3) is 11.3 Å². The van der Waals surface area contributed by atoms with Crippen LogP contribution in [0.5, 0.6) is 11.5 Å². The maximum Gasteiger partial charge on any atom is 0.355 e. The summed E-state index contributed by atoms with van der Waals surface area (Å²) in [7, 11) is -2.16. The van der Waals surface area contributed by atoms with Gasteiger partial charge in [0.05, 0.1) is 17.6 Å². The first-order valence-corrected chi connectivity index (χ1v) is 12.7. The third kappa shape index (κ3) is 6.00. The molecule has 0 aliphatic rings. The van der Waals surface area contributed by atoms with Crippen molar-refractivity contribution in [1.29, 1.82) is 0 Å². The standard InChI is InChI=1S/C27H23NO7S/c1-33-26(29)20-13-19(14-22(15-20)35-21-9-6-10-23(16-21)36(2,31)32)24-11-12-25(28-24)27(30)34-17-18-7-4-3-5-8-18/h3-16,28H,17H2,1-2H3. The van der Waals surface area contributed by atoms with Crippen molar-refractivity contribution in [2.75, 3.05) is 13.4 Å². The highest BCUT2D eigenvalue weighted by Gasteiger charge is 2.16. The number of ether oxygens (including phenoxy) is 3. The molecule has 0 unspecified atom stereocenters. The molecule has 8 nitrogen and oxygen atoms in total. The van der Waals surface area contributed by atoms with Crippen LogP contribution in [0.15, 0.2) is 89.8 Å². The quantitative estimate of drug-likeness (QED) is 0.335. The van der Waals surface area contributed by atoms with Gasteiger partial charge >= 0.3 is 11.9 Å². The molecule has 0 saturated carbocycles. The molecule has 184 valence electrons. The van der Waals surface area contributed by atoms with Gasteiger partial charge in [-0.15, -0.1) is 0 Å². The van der Waals surface area contributed by atoms with Crippen molar-refractivity contribution in [3.63, 3.8) is 0 Å². The lowest BCUT2D eigenvalue weighted by atomic mass is 10.1. The molecule has 0 aliphatic carbocycles. The van der Waals surface area contributed by atoms with Gasteiger partial charge in [-0.05, 0) is 54.1 Å². The Hall–Kier alpha value is -4.37. The fraction of sp³-hybridized carbons (Fsp3) is 0.111. The highest BCUT2D eigenvalue weighted by atomic mass is 32.2. The Morgan fingerprint density at radius 2 is 1.61 bits per heavy atom. The van der Waals surface area contributed by atoms with Crippen LogP contribution in [0.2, 0.25) is 0 Å². The second kappa shape index (κ2) is 10.5. The summed E-state index contributed by atoms with van der Waals surface area (Å²) in [5, 5.41) is 0. The van der Waals surface area contributed by atoms with Gasteiger partial charge in [-0.1, -0.05) is 36.4 Å². The Morgan fingerprint density at radius 1 is 0.833 bits per heavy atom. The zero-order valence-electron chi connectivity index (χ0n) is 19.6. The van der Waals surface area contributed by atoms with E-state index in [2.05, 4.69) is 4.98 Å². The normalized spacial score (nSPS) is 11.1. The second-order valence-electron chi connectivity index (χ2n) is 7.93. The minimum absolute atomic E-state index is 0.104. The smallest absolute Gasteiger partial charge is 0.355 e. The number of aromatic nitrogens is 1. The van der Waals surface area contributed by atoms with Crippen molar-refractivity contribution in [3.8, 4) is 22.8 Å². The number of methoxy groups -OCH3 is 1. The van der Waals surface area contributed by atoms with Gasteiger partial charge in [0.1, 0.15) is 23.8 Å². The van der Waals surface area contributed by atoms with Crippen molar-refractivity contribution in [3.05, 3.63) is 102 Å². The molecule has 1 heterocycles. The van der Waals surface area contributed by atoms with Crippen LogP contribution in [0.4, 0.5) is 0 Å². The molecule has 4 rings (SSSR count). The first kappa shape index (κ1) is 24.7.